The van der Waals surface area contributed by atoms with Crippen molar-refractivity contribution in [1.29, 1.82) is 0 Å². The van der Waals surface area contributed by atoms with Gasteiger partial charge in [-0.05, 0) is 56.3 Å². The van der Waals surface area contributed by atoms with Crippen molar-refractivity contribution in [2.24, 2.45) is 23.2 Å². The molecule has 0 aliphatic heterocycles. The van der Waals surface area contributed by atoms with Crippen molar-refractivity contribution >= 4 is 11.8 Å². The second-order valence-electron chi connectivity index (χ2n) is 7.55. The van der Waals surface area contributed by atoms with Crippen LogP contribution in [0.5, 0.6) is 0 Å². The number of amides is 2. The smallest absolute Gasteiger partial charge is 0.270 e. The molecule has 0 radical (unpaired) electrons. The number of nitrogens with zero attached hydrogens (tertiary/aromatic N) is 1. The molecule has 2 amide bonds. The molecule has 6 heteroatoms. The van der Waals surface area contributed by atoms with Crippen molar-refractivity contribution in [1.82, 2.24) is 10.9 Å². The van der Waals surface area contributed by atoms with Gasteiger partial charge in [0.05, 0.1) is 11.0 Å². The maximum atomic E-state index is 12.7. The number of hydrogen-bond acceptors (Lipinski definition) is 3. The predicted octanol–water partition coefficient (Wildman–Crippen LogP) is 1.30. The molecular formula is C17H21N3O3. The number of carbonyl (C=O) groups is 2. The van der Waals surface area contributed by atoms with E-state index in [1.54, 1.807) is 0 Å². The molecule has 122 valence electrons. The predicted molar refractivity (Wildman–Crippen MR) is 81.6 cm³/mol. The van der Waals surface area contributed by atoms with Gasteiger partial charge in [0.15, 0.2) is 12.4 Å². The van der Waals surface area contributed by atoms with E-state index in [0.717, 1.165) is 19.3 Å². The average molecular weight is 315 g/mol. The number of pyridine rings is 1. The van der Waals surface area contributed by atoms with Crippen molar-refractivity contribution in [2.45, 2.75) is 38.5 Å². The van der Waals surface area contributed by atoms with E-state index >= 15 is 0 Å². The monoisotopic (exact) mass is 315 g/mol. The van der Waals surface area contributed by atoms with Crippen LogP contribution in [-0.4, -0.2) is 11.8 Å². The van der Waals surface area contributed by atoms with Crippen molar-refractivity contribution < 1.29 is 14.3 Å². The van der Waals surface area contributed by atoms with Gasteiger partial charge in [-0.15, -0.1) is 0 Å². The van der Waals surface area contributed by atoms with Crippen LogP contribution in [0.4, 0.5) is 0 Å². The lowest BCUT2D eigenvalue weighted by Crippen LogP contribution is -2.56. The summed E-state index contributed by atoms with van der Waals surface area (Å²) in [7, 11) is 0. The number of nitrogens with one attached hydrogen (secondary N) is 2. The van der Waals surface area contributed by atoms with E-state index in [-0.39, 0.29) is 11.3 Å². The summed E-state index contributed by atoms with van der Waals surface area (Å²) < 4.78 is 0.616. The lowest BCUT2D eigenvalue weighted by Gasteiger charge is -2.55. The minimum atomic E-state index is -0.399. The second kappa shape index (κ2) is 5.22. The van der Waals surface area contributed by atoms with Gasteiger partial charge in [0.2, 0.25) is 5.91 Å². The van der Waals surface area contributed by atoms with Crippen LogP contribution in [0.3, 0.4) is 0 Å². The standard InChI is InChI=1S/C17H21N3O3/c21-15(14-1-3-20(23)4-2-14)18-19-16(22)17-8-11-5-12(9-17)7-13(6-11)10-17/h1-4,11-13H,5-10H2,(H,18,21)(H,19,22). The van der Waals surface area contributed by atoms with E-state index in [9.17, 15) is 14.8 Å². The first kappa shape index (κ1) is 14.5. The molecule has 1 aromatic heterocycles. The van der Waals surface area contributed by atoms with E-state index < -0.39 is 5.91 Å². The third kappa shape index (κ3) is 2.56. The summed E-state index contributed by atoms with van der Waals surface area (Å²) in [6.07, 6.45) is 9.23. The summed E-state index contributed by atoms with van der Waals surface area (Å²) in [6.45, 7) is 0. The molecule has 0 aromatic carbocycles. The van der Waals surface area contributed by atoms with Gasteiger partial charge in [-0.25, -0.2) is 0 Å². The zero-order valence-corrected chi connectivity index (χ0v) is 13.0. The van der Waals surface area contributed by atoms with Gasteiger partial charge in [-0.2, -0.15) is 4.73 Å². The highest BCUT2D eigenvalue weighted by molar-refractivity contribution is 5.95. The van der Waals surface area contributed by atoms with Crippen LogP contribution in [0.2, 0.25) is 0 Å². The van der Waals surface area contributed by atoms with Crippen molar-refractivity contribution in [2.75, 3.05) is 0 Å². The molecule has 0 spiro atoms. The molecule has 2 N–H and O–H groups in total. The van der Waals surface area contributed by atoms with Gasteiger partial charge in [-0.3, -0.25) is 20.4 Å². The van der Waals surface area contributed by atoms with Crippen LogP contribution in [0.25, 0.3) is 0 Å². The second-order valence-corrected chi connectivity index (χ2v) is 7.55. The Bertz CT molecular complexity index is 606. The first-order chi connectivity index (χ1) is 11.0. The molecule has 5 rings (SSSR count). The van der Waals surface area contributed by atoms with Crippen molar-refractivity contribution in [3.8, 4) is 0 Å². The summed E-state index contributed by atoms with van der Waals surface area (Å²) >= 11 is 0. The first-order valence-electron chi connectivity index (χ1n) is 8.34. The number of aromatic nitrogens is 1. The highest BCUT2D eigenvalue weighted by Crippen LogP contribution is 2.59. The van der Waals surface area contributed by atoms with E-state index in [2.05, 4.69) is 10.9 Å². The molecule has 4 fully saturated rings. The largest absolute Gasteiger partial charge is 0.619 e. The quantitative estimate of drug-likeness (QED) is 0.490. The highest BCUT2D eigenvalue weighted by atomic mass is 16.5. The zero-order chi connectivity index (χ0) is 16.0. The Hall–Kier alpha value is -2.11. The summed E-state index contributed by atoms with van der Waals surface area (Å²) in [4.78, 5) is 24.8. The van der Waals surface area contributed by atoms with Gasteiger partial charge < -0.3 is 5.21 Å². The van der Waals surface area contributed by atoms with Gasteiger partial charge in [0, 0.05) is 12.1 Å². The molecule has 4 saturated carbocycles. The summed E-state index contributed by atoms with van der Waals surface area (Å²) in [5.41, 5.74) is 5.19. The minimum Gasteiger partial charge on any atom is -0.619 e. The van der Waals surface area contributed by atoms with E-state index in [1.807, 2.05) is 0 Å². The third-order valence-electron chi connectivity index (χ3n) is 5.87. The highest BCUT2D eigenvalue weighted by Gasteiger charge is 2.54. The maximum Gasteiger partial charge on any atom is 0.270 e. The van der Waals surface area contributed by atoms with Gasteiger partial charge >= 0.3 is 0 Å². The molecule has 1 aromatic rings. The van der Waals surface area contributed by atoms with E-state index in [1.165, 1.54) is 43.8 Å². The van der Waals surface area contributed by atoms with Crippen molar-refractivity contribution in [3.05, 3.63) is 35.3 Å². The fraction of sp³-hybridized carbons (Fsp3) is 0.588. The molecule has 23 heavy (non-hydrogen) atoms. The first-order valence-corrected chi connectivity index (χ1v) is 8.34. The Kier molecular flexibility index (Phi) is 3.28. The Morgan fingerprint density at radius 2 is 1.52 bits per heavy atom. The third-order valence-corrected chi connectivity index (χ3v) is 5.87. The average Bonchev–Trinajstić information content (AvgIpc) is 2.51. The topological polar surface area (TPSA) is 85.1 Å². The Balaban J connectivity index is 1.40. The van der Waals surface area contributed by atoms with Crippen LogP contribution in [0, 0.1) is 28.4 Å². The summed E-state index contributed by atoms with van der Waals surface area (Å²) in [6, 6.07) is 2.86. The lowest BCUT2D eigenvalue weighted by molar-refractivity contribution is -0.605. The normalized spacial score (nSPS) is 34.2. The fourth-order valence-corrected chi connectivity index (χ4v) is 5.27. The molecule has 6 nitrogen and oxygen atoms in total. The maximum absolute atomic E-state index is 12.7. The molecule has 0 unspecified atom stereocenters. The number of hydrazine groups is 1. The SMILES string of the molecule is O=C(NNC(=O)C12CC3CC(CC(C3)C1)C2)c1cc[n+]([O-])cc1. The fourth-order valence-electron chi connectivity index (χ4n) is 5.27. The van der Waals surface area contributed by atoms with Crippen LogP contribution < -0.4 is 15.6 Å². The molecule has 4 aliphatic rings. The molecule has 1 heterocycles. The molecule has 4 aliphatic carbocycles. The summed E-state index contributed by atoms with van der Waals surface area (Å²) in [5.74, 6) is 1.61. The number of hydrogen-bond donors (Lipinski definition) is 2. The molecule has 4 bridgehead atoms. The summed E-state index contributed by atoms with van der Waals surface area (Å²) in [5, 5.41) is 11.0. The van der Waals surface area contributed by atoms with Gasteiger partial charge in [0.1, 0.15) is 0 Å². The van der Waals surface area contributed by atoms with Crippen molar-refractivity contribution in [3.63, 3.8) is 0 Å². The molecule has 0 saturated heterocycles. The van der Waals surface area contributed by atoms with E-state index in [0.29, 0.717) is 28.0 Å². The van der Waals surface area contributed by atoms with Gasteiger partial charge in [0.25, 0.3) is 5.91 Å². The van der Waals surface area contributed by atoms with Crippen LogP contribution in [0.15, 0.2) is 24.5 Å². The van der Waals surface area contributed by atoms with Crippen LogP contribution in [0.1, 0.15) is 48.9 Å². The number of rotatable bonds is 2. The minimum absolute atomic E-state index is 0.0419. The molecule has 0 atom stereocenters. The Morgan fingerprint density at radius 1 is 1.00 bits per heavy atom. The zero-order valence-electron chi connectivity index (χ0n) is 13.0. The Labute approximate surface area is 134 Å². The van der Waals surface area contributed by atoms with Crippen LogP contribution in [-0.2, 0) is 4.79 Å². The Morgan fingerprint density at radius 3 is 2.04 bits per heavy atom. The van der Waals surface area contributed by atoms with E-state index in [4.69, 9.17) is 0 Å². The van der Waals surface area contributed by atoms with Gasteiger partial charge in [-0.1, -0.05) is 0 Å². The number of carbonyl (C=O) groups excluding carboxylic acids is 2. The lowest BCUT2D eigenvalue weighted by atomic mass is 9.49. The molecular weight excluding hydrogens is 294 g/mol. The van der Waals surface area contributed by atoms with Crippen LogP contribution >= 0.6 is 0 Å².